The van der Waals surface area contributed by atoms with Gasteiger partial charge >= 0.3 is 0 Å². The summed E-state index contributed by atoms with van der Waals surface area (Å²) in [6.45, 7) is 0. The fourth-order valence-corrected chi connectivity index (χ4v) is 10.7. The van der Waals surface area contributed by atoms with Gasteiger partial charge in [0.1, 0.15) is 11.2 Å². The van der Waals surface area contributed by atoms with Crippen molar-refractivity contribution >= 4 is 39.0 Å². The minimum absolute atomic E-state index is 0.451. The second kappa shape index (κ2) is 13.9. The van der Waals surface area contributed by atoms with Crippen molar-refractivity contribution in [2.45, 2.75) is 5.41 Å². The molecule has 0 unspecified atom stereocenters. The predicted molar refractivity (Wildman–Crippen MR) is 261 cm³/mol. The van der Waals surface area contributed by atoms with Crippen LogP contribution in [0.25, 0.3) is 77.6 Å². The molecule has 2 nitrogen and oxygen atoms in total. The normalized spacial score (nSPS) is 12.9. The van der Waals surface area contributed by atoms with Crippen molar-refractivity contribution < 1.29 is 4.42 Å². The van der Waals surface area contributed by atoms with E-state index in [2.05, 4.69) is 229 Å². The molecule has 0 saturated heterocycles. The average Bonchev–Trinajstić information content (AvgIpc) is 3.99. The molecule has 1 heterocycles. The van der Waals surface area contributed by atoms with Gasteiger partial charge in [-0.3, -0.25) is 0 Å². The monoisotopic (exact) mass is 801 g/mol. The van der Waals surface area contributed by atoms with Crippen molar-refractivity contribution in [3.63, 3.8) is 0 Å². The Balaban J connectivity index is 1.00. The summed E-state index contributed by atoms with van der Waals surface area (Å²) in [6, 6.07) is 86.6. The Morgan fingerprint density at radius 1 is 0.286 bits per heavy atom. The van der Waals surface area contributed by atoms with Gasteiger partial charge in [0.2, 0.25) is 0 Å². The molecule has 1 spiro atoms. The second-order valence-corrected chi connectivity index (χ2v) is 16.8. The lowest BCUT2D eigenvalue weighted by Crippen LogP contribution is -2.26. The first-order valence-corrected chi connectivity index (χ1v) is 21.7. The molecule has 13 rings (SSSR count). The number of anilines is 3. The van der Waals surface area contributed by atoms with Crippen LogP contribution >= 0.6 is 0 Å². The highest BCUT2D eigenvalue weighted by atomic mass is 16.3. The molecule has 2 aliphatic carbocycles. The molecular weight excluding hydrogens is 763 g/mol. The van der Waals surface area contributed by atoms with Gasteiger partial charge in [0.15, 0.2) is 0 Å². The third kappa shape index (κ3) is 5.32. The number of hydrogen-bond acceptors (Lipinski definition) is 2. The zero-order chi connectivity index (χ0) is 41.5. The first-order valence-electron chi connectivity index (χ1n) is 21.7. The van der Waals surface area contributed by atoms with Crippen molar-refractivity contribution in [2.75, 3.05) is 4.90 Å². The van der Waals surface area contributed by atoms with Crippen molar-refractivity contribution in [3.05, 3.63) is 259 Å². The first kappa shape index (κ1) is 35.5. The topological polar surface area (TPSA) is 16.4 Å². The highest BCUT2D eigenvalue weighted by Crippen LogP contribution is 2.63. The van der Waals surface area contributed by atoms with E-state index in [1.54, 1.807) is 0 Å². The van der Waals surface area contributed by atoms with E-state index in [4.69, 9.17) is 4.42 Å². The van der Waals surface area contributed by atoms with Gasteiger partial charge in [-0.2, -0.15) is 0 Å². The van der Waals surface area contributed by atoms with E-state index < -0.39 is 5.41 Å². The van der Waals surface area contributed by atoms with Gasteiger partial charge in [-0.15, -0.1) is 0 Å². The summed E-state index contributed by atoms with van der Waals surface area (Å²) in [6.07, 6.45) is 0. The maximum absolute atomic E-state index is 6.19. The van der Waals surface area contributed by atoms with Gasteiger partial charge in [0, 0.05) is 27.7 Å². The summed E-state index contributed by atoms with van der Waals surface area (Å²) in [7, 11) is 0. The molecule has 0 aliphatic heterocycles. The molecule has 0 atom stereocenters. The summed E-state index contributed by atoms with van der Waals surface area (Å²) in [5.41, 5.74) is 22.2. The summed E-state index contributed by atoms with van der Waals surface area (Å²) in [4.78, 5) is 2.46. The molecule has 11 aromatic rings. The fourth-order valence-electron chi connectivity index (χ4n) is 10.7. The molecule has 0 saturated carbocycles. The van der Waals surface area contributed by atoms with Gasteiger partial charge in [-0.05, 0) is 121 Å². The van der Waals surface area contributed by atoms with E-state index in [0.29, 0.717) is 0 Å². The number of fused-ring (bicyclic) bond motifs is 13. The molecule has 10 aromatic carbocycles. The lowest BCUT2D eigenvalue weighted by molar-refractivity contribution is 0.669. The number of nitrogens with zero attached hydrogens (tertiary/aromatic N) is 1. The van der Waals surface area contributed by atoms with Crippen LogP contribution in [-0.2, 0) is 5.41 Å². The summed E-state index contributed by atoms with van der Waals surface area (Å²) in [5, 5.41) is 2.26. The maximum atomic E-state index is 6.19. The van der Waals surface area contributed by atoms with E-state index in [9.17, 15) is 0 Å². The Hall–Kier alpha value is -8.20. The molecule has 0 amide bonds. The zero-order valence-corrected chi connectivity index (χ0v) is 34.4. The summed E-state index contributed by atoms with van der Waals surface area (Å²) < 4.78 is 6.19. The first-order chi connectivity index (χ1) is 31.2. The highest BCUT2D eigenvalue weighted by molar-refractivity contribution is 6.06. The number of benzene rings is 10. The largest absolute Gasteiger partial charge is 0.456 e. The SMILES string of the molecule is c1ccc(-c2ccc(-c3ccccc3N(c3ccc(-c4ccc5oc6ccccc6c5c4)cc3)c3ccc4c(c3)C3(c5ccccc5-c5ccccc53)c3ccccc3-4)cc2)cc1. The quantitative estimate of drug-likeness (QED) is 0.167. The molecule has 2 heteroatoms. The molecule has 294 valence electrons. The fraction of sp³-hybridized carbons (Fsp3) is 0.0164. The van der Waals surface area contributed by atoms with E-state index in [1.165, 1.54) is 55.6 Å². The minimum atomic E-state index is -0.451. The lowest BCUT2D eigenvalue weighted by Gasteiger charge is -2.32. The molecule has 1 aromatic heterocycles. The molecule has 2 aliphatic rings. The predicted octanol–water partition coefficient (Wildman–Crippen LogP) is 16.4. The van der Waals surface area contributed by atoms with Crippen LogP contribution in [0.1, 0.15) is 22.3 Å². The lowest BCUT2D eigenvalue weighted by atomic mass is 9.70. The summed E-state index contributed by atoms with van der Waals surface area (Å²) in [5.74, 6) is 0. The summed E-state index contributed by atoms with van der Waals surface area (Å²) >= 11 is 0. The van der Waals surface area contributed by atoms with E-state index in [1.807, 2.05) is 12.1 Å². The molecule has 63 heavy (non-hydrogen) atoms. The van der Waals surface area contributed by atoms with Gasteiger partial charge in [-0.25, -0.2) is 0 Å². The van der Waals surface area contributed by atoms with Crippen molar-refractivity contribution in [3.8, 4) is 55.6 Å². The van der Waals surface area contributed by atoms with Crippen molar-refractivity contribution in [2.24, 2.45) is 0 Å². The van der Waals surface area contributed by atoms with E-state index in [0.717, 1.165) is 61.3 Å². The molecular formula is C61H39NO. The molecule has 0 N–H and O–H groups in total. The Kier molecular flexibility index (Phi) is 7.85. The van der Waals surface area contributed by atoms with Crippen LogP contribution in [0.5, 0.6) is 0 Å². The van der Waals surface area contributed by atoms with E-state index >= 15 is 0 Å². The van der Waals surface area contributed by atoms with Crippen molar-refractivity contribution in [1.82, 2.24) is 0 Å². The Morgan fingerprint density at radius 2 is 0.762 bits per heavy atom. The Morgan fingerprint density at radius 3 is 1.46 bits per heavy atom. The molecule has 0 bridgehead atoms. The van der Waals surface area contributed by atoms with Crippen molar-refractivity contribution in [1.29, 1.82) is 0 Å². The van der Waals surface area contributed by atoms with Crippen LogP contribution in [0.2, 0.25) is 0 Å². The van der Waals surface area contributed by atoms with Crippen LogP contribution in [0.15, 0.2) is 241 Å². The van der Waals surface area contributed by atoms with Crippen LogP contribution in [0.4, 0.5) is 17.1 Å². The number of furan rings is 1. The average molecular weight is 802 g/mol. The van der Waals surface area contributed by atoms with Gasteiger partial charge in [0.25, 0.3) is 0 Å². The third-order valence-electron chi connectivity index (χ3n) is 13.5. The standard InChI is InChI=1S/C61H39NO/c1-2-14-40(15-3-1)41-26-28-43(29-27-41)47-16-7-12-24-58(47)62(45-33-30-42(31-34-45)44-32-37-60-53(38-44)52-20-8-13-25-59(52)63-60)46-35-36-51-50-19-6-11-23-56(50)61(57(51)39-46)54-21-9-4-17-48(54)49-18-5-10-22-55(49)61/h1-39H. The number of rotatable bonds is 6. The van der Waals surface area contributed by atoms with Gasteiger partial charge in [-0.1, -0.05) is 188 Å². The number of para-hydroxylation sites is 2. The molecule has 0 radical (unpaired) electrons. The highest BCUT2D eigenvalue weighted by Gasteiger charge is 2.51. The Labute approximate surface area is 366 Å². The smallest absolute Gasteiger partial charge is 0.135 e. The van der Waals surface area contributed by atoms with Crippen LogP contribution < -0.4 is 4.90 Å². The zero-order valence-electron chi connectivity index (χ0n) is 34.4. The van der Waals surface area contributed by atoms with Crippen LogP contribution in [0, 0.1) is 0 Å². The van der Waals surface area contributed by atoms with E-state index in [-0.39, 0.29) is 0 Å². The third-order valence-corrected chi connectivity index (χ3v) is 13.5. The Bertz CT molecular complexity index is 3500. The van der Waals surface area contributed by atoms with Gasteiger partial charge in [0.05, 0.1) is 11.1 Å². The van der Waals surface area contributed by atoms with Crippen LogP contribution in [0.3, 0.4) is 0 Å². The van der Waals surface area contributed by atoms with Gasteiger partial charge < -0.3 is 9.32 Å². The van der Waals surface area contributed by atoms with Crippen LogP contribution in [-0.4, -0.2) is 0 Å². The minimum Gasteiger partial charge on any atom is -0.456 e. The maximum Gasteiger partial charge on any atom is 0.135 e. The molecule has 0 fully saturated rings. The number of hydrogen-bond donors (Lipinski definition) is 0. The second-order valence-electron chi connectivity index (χ2n) is 16.8.